The van der Waals surface area contributed by atoms with Crippen LogP contribution in [-0.2, 0) is 0 Å². The van der Waals surface area contributed by atoms with E-state index in [0.717, 1.165) is 32.7 Å². The highest BCUT2D eigenvalue weighted by atomic mass is 16.5. The zero-order chi connectivity index (χ0) is 13.8. The van der Waals surface area contributed by atoms with E-state index in [0.29, 0.717) is 23.3 Å². The van der Waals surface area contributed by atoms with Crippen LogP contribution < -0.4 is 15.6 Å². The van der Waals surface area contributed by atoms with E-state index in [2.05, 4.69) is 20.2 Å². The quantitative estimate of drug-likeness (QED) is 0.834. The van der Waals surface area contributed by atoms with Crippen LogP contribution in [0.5, 0.6) is 5.75 Å². The lowest BCUT2D eigenvalue weighted by Gasteiger charge is -2.26. The molecule has 2 aromatic rings. The fourth-order valence-corrected chi connectivity index (χ4v) is 2.36. The van der Waals surface area contributed by atoms with Crippen molar-refractivity contribution in [1.82, 2.24) is 20.2 Å². The van der Waals surface area contributed by atoms with Crippen LogP contribution in [0.15, 0.2) is 29.3 Å². The first-order chi connectivity index (χ1) is 9.83. The van der Waals surface area contributed by atoms with Gasteiger partial charge in [-0.3, -0.25) is 9.69 Å². The van der Waals surface area contributed by atoms with Crippen molar-refractivity contribution in [3.63, 3.8) is 0 Å². The summed E-state index contributed by atoms with van der Waals surface area (Å²) in [5.74, 6) is 0.714. The van der Waals surface area contributed by atoms with Crippen molar-refractivity contribution in [3.8, 4) is 5.75 Å². The molecular formula is C14H18N4O2. The number of ether oxygens (including phenoxy) is 1. The van der Waals surface area contributed by atoms with Crippen LogP contribution in [-0.4, -0.2) is 54.2 Å². The first-order valence-electron chi connectivity index (χ1n) is 6.86. The number of aromatic nitrogens is 2. The molecule has 0 saturated carbocycles. The number of benzene rings is 1. The van der Waals surface area contributed by atoms with Gasteiger partial charge >= 0.3 is 0 Å². The summed E-state index contributed by atoms with van der Waals surface area (Å²) in [6.45, 7) is 5.73. The van der Waals surface area contributed by atoms with Crippen molar-refractivity contribution < 1.29 is 4.74 Å². The Bertz CT molecular complexity index is 634. The summed E-state index contributed by atoms with van der Waals surface area (Å²) in [5, 5.41) is 3.88. The molecule has 1 aliphatic heterocycles. The van der Waals surface area contributed by atoms with Crippen molar-refractivity contribution in [1.29, 1.82) is 0 Å². The molecule has 6 heteroatoms. The van der Waals surface area contributed by atoms with Crippen molar-refractivity contribution in [2.24, 2.45) is 0 Å². The van der Waals surface area contributed by atoms with Gasteiger partial charge in [-0.1, -0.05) is 0 Å². The number of rotatable bonds is 4. The van der Waals surface area contributed by atoms with Crippen molar-refractivity contribution >= 4 is 10.9 Å². The van der Waals surface area contributed by atoms with Gasteiger partial charge in [0.15, 0.2) is 0 Å². The number of aromatic amines is 1. The lowest BCUT2D eigenvalue weighted by Crippen LogP contribution is -2.44. The van der Waals surface area contributed by atoms with Gasteiger partial charge in [0, 0.05) is 32.7 Å². The average Bonchev–Trinajstić information content (AvgIpc) is 2.49. The van der Waals surface area contributed by atoms with Gasteiger partial charge in [0.05, 0.1) is 17.2 Å². The molecule has 1 aromatic carbocycles. The van der Waals surface area contributed by atoms with Gasteiger partial charge in [-0.15, -0.1) is 0 Å². The molecular weight excluding hydrogens is 256 g/mol. The molecule has 0 unspecified atom stereocenters. The molecule has 2 N–H and O–H groups in total. The Labute approximate surface area is 116 Å². The molecule has 6 nitrogen and oxygen atoms in total. The standard InChI is InChI=1S/C14H18N4O2/c19-14-12-9-11(1-2-13(12)16-10-17-14)20-8-7-18-5-3-15-4-6-18/h1-2,9-10,15H,3-8H2,(H,16,17,19). The van der Waals surface area contributed by atoms with E-state index in [9.17, 15) is 4.79 Å². The Morgan fingerprint density at radius 2 is 2.15 bits per heavy atom. The predicted molar refractivity (Wildman–Crippen MR) is 77.2 cm³/mol. The number of hydrogen-bond acceptors (Lipinski definition) is 5. The van der Waals surface area contributed by atoms with Crippen molar-refractivity contribution in [2.45, 2.75) is 0 Å². The summed E-state index contributed by atoms with van der Waals surface area (Å²) in [7, 11) is 0. The van der Waals surface area contributed by atoms with Gasteiger partial charge in [-0.05, 0) is 18.2 Å². The highest BCUT2D eigenvalue weighted by molar-refractivity contribution is 5.78. The SMILES string of the molecule is O=c1[nH]cnc2ccc(OCCN3CCNCC3)cc12. The molecule has 2 heterocycles. The molecule has 0 radical (unpaired) electrons. The molecule has 1 aliphatic rings. The van der Waals surface area contributed by atoms with Gasteiger partial charge in [-0.2, -0.15) is 0 Å². The van der Waals surface area contributed by atoms with Gasteiger partial charge in [0.2, 0.25) is 0 Å². The van der Waals surface area contributed by atoms with Crippen molar-refractivity contribution in [2.75, 3.05) is 39.3 Å². The minimum absolute atomic E-state index is 0.137. The molecule has 0 amide bonds. The summed E-state index contributed by atoms with van der Waals surface area (Å²) in [5.41, 5.74) is 0.547. The predicted octanol–water partition coefficient (Wildman–Crippen LogP) is 0.207. The summed E-state index contributed by atoms with van der Waals surface area (Å²) in [6.07, 6.45) is 1.41. The number of hydrogen-bond donors (Lipinski definition) is 2. The number of piperazine rings is 1. The largest absolute Gasteiger partial charge is 0.492 e. The molecule has 0 atom stereocenters. The minimum Gasteiger partial charge on any atom is -0.492 e. The van der Waals surface area contributed by atoms with Gasteiger partial charge in [-0.25, -0.2) is 4.98 Å². The second-order valence-corrected chi connectivity index (χ2v) is 4.85. The third kappa shape index (κ3) is 2.97. The summed E-state index contributed by atoms with van der Waals surface area (Å²) in [6, 6.07) is 5.41. The van der Waals surface area contributed by atoms with E-state index in [1.54, 1.807) is 6.07 Å². The molecule has 1 fully saturated rings. The molecule has 0 bridgehead atoms. The Morgan fingerprint density at radius 1 is 1.30 bits per heavy atom. The van der Waals surface area contributed by atoms with Crippen LogP contribution >= 0.6 is 0 Å². The van der Waals surface area contributed by atoms with Crippen molar-refractivity contribution in [3.05, 3.63) is 34.9 Å². The maximum Gasteiger partial charge on any atom is 0.258 e. The van der Waals surface area contributed by atoms with Crippen LogP contribution in [0, 0.1) is 0 Å². The third-order valence-corrected chi connectivity index (χ3v) is 3.50. The van der Waals surface area contributed by atoms with Crippen LogP contribution in [0.1, 0.15) is 0 Å². The van der Waals surface area contributed by atoms with E-state index >= 15 is 0 Å². The summed E-state index contributed by atoms with van der Waals surface area (Å²) >= 11 is 0. The monoisotopic (exact) mass is 274 g/mol. The molecule has 1 saturated heterocycles. The molecule has 1 aromatic heterocycles. The lowest BCUT2D eigenvalue weighted by atomic mass is 10.2. The number of H-pyrrole nitrogens is 1. The molecule has 0 spiro atoms. The van der Waals surface area contributed by atoms with Crippen LogP contribution in [0.2, 0.25) is 0 Å². The van der Waals surface area contributed by atoms with E-state index in [1.165, 1.54) is 6.33 Å². The van der Waals surface area contributed by atoms with E-state index < -0.39 is 0 Å². The second kappa shape index (κ2) is 6.02. The maximum absolute atomic E-state index is 11.7. The number of nitrogens with one attached hydrogen (secondary N) is 2. The normalized spacial score (nSPS) is 16.4. The fraction of sp³-hybridized carbons (Fsp3) is 0.429. The lowest BCUT2D eigenvalue weighted by molar-refractivity contribution is 0.191. The van der Waals surface area contributed by atoms with E-state index in [1.807, 2.05) is 12.1 Å². The Balaban J connectivity index is 1.62. The van der Waals surface area contributed by atoms with Gasteiger partial charge < -0.3 is 15.0 Å². The fourth-order valence-electron chi connectivity index (χ4n) is 2.36. The highest BCUT2D eigenvalue weighted by Gasteiger charge is 2.09. The molecule has 0 aliphatic carbocycles. The number of fused-ring (bicyclic) bond motifs is 1. The first kappa shape index (κ1) is 13.1. The Kier molecular flexibility index (Phi) is 3.94. The van der Waals surface area contributed by atoms with Gasteiger partial charge in [0.1, 0.15) is 12.4 Å². The second-order valence-electron chi connectivity index (χ2n) is 4.85. The van der Waals surface area contributed by atoms with E-state index in [-0.39, 0.29) is 5.56 Å². The summed E-state index contributed by atoms with van der Waals surface area (Å²) < 4.78 is 5.73. The van der Waals surface area contributed by atoms with Crippen LogP contribution in [0.4, 0.5) is 0 Å². The third-order valence-electron chi connectivity index (χ3n) is 3.50. The highest BCUT2D eigenvalue weighted by Crippen LogP contribution is 2.16. The topological polar surface area (TPSA) is 70.2 Å². The van der Waals surface area contributed by atoms with E-state index in [4.69, 9.17) is 4.74 Å². The van der Waals surface area contributed by atoms with Crippen LogP contribution in [0.3, 0.4) is 0 Å². The minimum atomic E-state index is -0.137. The smallest absolute Gasteiger partial charge is 0.258 e. The zero-order valence-corrected chi connectivity index (χ0v) is 11.3. The summed E-state index contributed by atoms with van der Waals surface area (Å²) in [4.78, 5) is 20.7. The first-order valence-corrected chi connectivity index (χ1v) is 6.86. The molecule has 106 valence electrons. The Hall–Kier alpha value is -1.92. The van der Waals surface area contributed by atoms with Crippen LogP contribution in [0.25, 0.3) is 10.9 Å². The number of nitrogens with zero attached hydrogens (tertiary/aromatic N) is 2. The average molecular weight is 274 g/mol. The molecule has 3 rings (SSSR count). The Morgan fingerprint density at radius 3 is 3.00 bits per heavy atom. The van der Waals surface area contributed by atoms with Gasteiger partial charge in [0.25, 0.3) is 5.56 Å². The maximum atomic E-state index is 11.7. The zero-order valence-electron chi connectivity index (χ0n) is 11.3. The molecule has 20 heavy (non-hydrogen) atoms.